The Morgan fingerprint density at radius 1 is 1.15 bits per heavy atom. The molecule has 1 aliphatic heterocycles. The van der Waals surface area contributed by atoms with E-state index in [4.69, 9.17) is 10.5 Å². The summed E-state index contributed by atoms with van der Waals surface area (Å²) in [4.78, 5) is 4.46. The molecule has 20 heavy (non-hydrogen) atoms. The number of benzene rings is 1. The van der Waals surface area contributed by atoms with E-state index >= 15 is 0 Å². The lowest BCUT2D eigenvalue weighted by Crippen LogP contribution is -2.37. The zero-order chi connectivity index (χ0) is 14.3. The normalized spacial score (nSPS) is 29.6. The molecule has 3 atom stereocenters. The number of halogens is 3. The summed E-state index contributed by atoms with van der Waals surface area (Å²) in [6.07, 6.45) is -1.82. The highest BCUT2D eigenvalue weighted by molar-refractivity contribution is 5.95. The van der Waals surface area contributed by atoms with Crippen LogP contribution in [-0.4, -0.2) is 24.1 Å². The van der Waals surface area contributed by atoms with E-state index < -0.39 is 11.7 Å². The Balaban J connectivity index is 1.77. The molecule has 2 aliphatic rings. The number of hydrogen-bond donors (Lipinski definition) is 1. The van der Waals surface area contributed by atoms with E-state index in [0.29, 0.717) is 11.5 Å². The lowest BCUT2D eigenvalue weighted by atomic mass is 9.90. The monoisotopic (exact) mass is 284 g/mol. The highest BCUT2D eigenvalue weighted by atomic mass is 19.4. The van der Waals surface area contributed by atoms with E-state index in [-0.39, 0.29) is 18.2 Å². The predicted molar refractivity (Wildman–Crippen MR) is 68.5 cm³/mol. The molecule has 1 aromatic carbocycles. The minimum Gasteiger partial charge on any atom is -0.472 e. The van der Waals surface area contributed by atoms with Crippen molar-refractivity contribution in [3.63, 3.8) is 0 Å². The molecule has 0 amide bonds. The Bertz CT molecular complexity index is 524. The zero-order valence-corrected chi connectivity index (χ0v) is 10.7. The molecule has 108 valence electrons. The third kappa shape index (κ3) is 2.52. The molecule has 1 aliphatic carbocycles. The van der Waals surface area contributed by atoms with Crippen molar-refractivity contribution >= 4 is 5.90 Å². The van der Waals surface area contributed by atoms with Gasteiger partial charge in [-0.05, 0) is 37.1 Å². The fraction of sp³-hybridized carbons (Fsp3) is 0.500. The molecule has 3 nitrogen and oxygen atoms in total. The fourth-order valence-corrected chi connectivity index (χ4v) is 2.69. The van der Waals surface area contributed by atoms with Gasteiger partial charge in [0, 0.05) is 18.0 Å². The van der Waals surface area contributed by atoms with Crippen LogP contribution < -0.4 is 5.73 Å². The third-order valence-corrected chi connectivity index (χ3v) is 3.80. The first-order valence-corrected chi connectivity index (χ1v) is 6.61. The average Bonchev–Trinajstić information content (AvgIpc) is 2.80. The Labute approximate surface area is 114 Å². The van der Waals surface area contributed by atoms with E-state index in [1.807, 2.05) is 0 Å². The van der Waals surface area contributed by atoms with E-state index in [0.717, 1.165) is 31.4 Å². The number of aliphatic imine (C=N–C) groups is 1. The van der Waals surface area contributed by atoms with Crippen molar-refractivity contribution in [1.82, 2.24) is 0 Å². The molecule has 2 N–H and O–H groups in total. The molecule has 1 aromatic rings. The molecule has 0 saturated heterocycles. The summed E-state index contributed by atoms with van der Waals surface area (Å²) in [6.45, 7) is 0. The van der Waals surface area contributed by atoms with Gasteiger partial charge in [0.15, 0.2) is 0 Å². The number of nitrogens with two attached hydrogens (primary N) is 1. The molecule has 0 bridgehead atoms. The van der Waals surface area contributed by atoms with Gasteiger partial charge in [0.2, 0.25) is 5.90 Å². The minimum absolute atomic E-state index is 0.0314. The molecule has 3 unspecified atom stereocenters. The van der Waals surface area contributed by atoms with Crippen LogP contribution in [0, 0.1) is 0 Å². The second-order valence-corrected chi connectivity index (χ2v) is 5.31. The molecule has 3 rings (SSSR count). The molecular formula is C14H15F3N2O. The molecule has 1 saturated carbocycles. The highest BCUT2D eigenvalue weighted by Crippen LogP contribution is 2.32. The quantitative estimate of drug-likeness (QED) is 0.862. The largest absolute Gasteiger partial charge is 0.472 e. The molecule has 0 radical (unpaired) electrons. The fourth-order valence-electron chi connectivity index (χ4n) is 2.69. The van der Waals surface area contributed by atoms with Crippen LogP contribution in [0.5, 0.6) is 0 Å². The van der Waals surface area contributed by atoms with Crippen LogP contribution in [-0.2, 0) is 10.9 Å². The number of ether oxygens (including phenoxy) is 1. The number of rotatable bonds is 1. The molecular weight excluding hydrogens is 269 g/mol. The Hall–Kier alpha value is -1.56. The van der Waals surface area contributed by atoms with Gasteiger partial charge in [-0.2, -0.15) is 13.2 Å². The van der Waals surface area contributed by atoms with Crippen LogP contribution in [0.4, 0.5) is 13.2 Å². The van der Waals surface area contributed by atoms with Gasteiger partial charge in [-0.25, -0.2) is 4.99 Å². The third-order valence-electron chi connectivity index (χ3n) is 3.80. The van der Waals surface area contributed by atoms with Crippen LogP contribution in [0.2, 0.25) is 0 Å². The first kappa shape index (κ1) is 13.4. The van der Waals surface area contributed by atoms with Crippen LogP contribution in [0.15, 0.2) is 29.3 Å². The van der Waals surface area contributed by atoms with Crippen molar-refractivity contribution in [1.29, 1.82) is 0 Å². The van der Waals surface area contributed by atoms with Crippen molar-refractivity contribution < 1.29 is 17.9 Å². The summed E-state index contributed by atoms with van der Waals surface area (Å²) in [5.41, 5.74) is 5.80. The first-order valence-electron chi connectivity index (χ1n) is 6.61. The van der Waals surface area contributed by atoms with Gasteiger partial charge in [0.1, 0.15) is 6.10 Å². The van der Waals surface area contributed by atoms with Crippen LogP contribution in [0.3, 0.4) is 0 Å². The molecule has 6 heteroatoms. The number of hydrogen-bond acceptors (Lipinski definition) is 3. The van der Waals surface area contributed by atoms with E-state index in [1.54, 1.807) is 0 Å². The maximum Gasteiger partial charge on any atom is 0.416 e. The minimum atomic E-state index is -4.32. The molecule has 1 fully saturated rings. The first-order chi connectivity index (χ1) is 9.43. The maximum absolute atomic E-state index is 12.5. The summed E-state index contributed by atoms with van der Waals surface area (Å²) in [6, 6.07) is 5.12. The average molecular weight is 284 g/mol. The summed E-state index contributed by atoms with van der Waals surface area (Å²) < 4.78 is 43.3. The Kier molecular flexibility index (Phi) is 3.20. The number of nitrogens with zero attached hydrogens (tertiary/aromatic N) is 1. The van der Waals surface area contributed by atoms with E-state index in [2.05, 4.69) is 4.99 Å². The van der Waals surface area contributed by atoms with Gasteiger partial charge < -0.3 is 10.5 Å². The SMILES string of the molecule is NC1CCC2N=C(c3ccc(C(F)(F)F)cc3)OC2C1. The van der Waals surface area contributed by atoms with Gasteiger partial charge in [-0.1, -0.05) is 0 Å². The Morgan fingerprint density at radius 2 is 1.85 bits per heavy atom. The Morgan fingerprint density at radius 3 is 2.50 bits per heavy atom. The van der Waals surface area contributed by atoms with Crippen LogP contribution in [0.25, 0.3) is 0 Å². The van der Waals surface area contributed by atoms with Gasteiger partial charge >= 0.3 is 6.18 Å². The van der Waals surface area contributed by atoms with E-state index in [1.165, 1.54) is 12.1 Å². The maximum atomic E-state index is 12.5. The number of alkyl halides is 3. The van der Waals surface area contributed by atoms with Gasteiger partial charge in [0.05, 0.1) is 11.6 Å². The lowest BCUT2D eigenvalue weighted by Gasteiger charge is -2.26. The number of fused-ring (bicyclic) bond motifs is 1. The zero-order valence-electron chi connectivity index (χ0n) is 10.7. The second kappa shape index (κ2) is 4.77. The van der Waals surface area contributed by atoms with Crippen molar-refractivity contribution in [2.45, 2.75) is 43.6 Å². The second-order valence-electron chi connectivity index (χ2n) is 5.31. The van der Waals surface area contributed by atoms with Gasteiger partial charge in [0.25, 0.3) is 0 Å². The van der Waals surface area contributed by atoms with Gasteiger partial charge in [-0.15, -0.1) is 0 Å². The van der Waals surface area contributed by atoms with Crippen molar-refractivity contribution in [2.24, 2.45) is 10.7 Å². The van der Waals surface area contributed by atoms with Crippen LogP contribution >= 0.6 is 0 Å². The highest BCUT2D eigenvalue weighted by Gasteiger charge is 2.36. The van der Waals surface area contributed by atoms with Crippen molar-refractivity contribution in [3.8, 4) is 0 Å². The van der Waals surface area contributed by atoms with Crippen molar-refractivity contribution in [2.75, 3.05) is 0 Å². The summed E-state index contributed by atoms with van der Waals surface area (Å²) >= 11 is 0. The summed E-state index contributed by atoms with van der Waals surface area (Å²) in [7, 11) is 0. The van der Waals surface area contributed by atoms with E-state index in [9.17, 15) is 13.2 Å². The van der Waals surface area contributed by atoms with Crippen molar-refractivity contribution in [3.05, 3.63) is 35.4 Å². The van der Waals surface area contributed by atoms with Gasteiger partial charge in [-0.3, -0.25) is 0 Å². The van der Waals surface area contributed by atoms with Crippen LogP contribution in [0.1, 0.15) is 30.4 Å². The summed E-state index contributed by atoms with van der Waals surface area (Å²) in [5, 5.41) is 0. The predicted octanol–water partition coefficient (Wildman–Crippen LogP) is 2.73. The molecule has 1 heterocycles. The topological polar surface area (TPSA) is 47.6 Å². The molecule has 0 aromatic heterocycles. The smallest absolute Gasteiger partial charge is 0.416 e. The summed E-state index contributed by atoms with van der Waals surface area (Å²) in [5.74, 6) is 0.433. The lowest BCUT2D eigenvalue weighted by molar-refractivity contribution is -0.137. The standard InChI is InChI=1S/C14H15F3N2O/c15-14(16,17)9-3-1-8(2-4-9)13-19-11-6-5-10(18)7-12(11)20-13/h1-4,10-12H,5-7,18H2. The molecule has 0 spiro atoms.